The molecule has 1 aliphatic rings. The number of halogens is 4. The second-order valence-corrected chi connectivity index (χ2v) is 8.88. The zero-order valence-electron chi connectivity index (χ0n) is 14.5. The van der Waals surface area contributed by atoms with Crippen molar-refractivity contribution in [1.29, 1.82) is 0 Å². The van der Waals surface area contributed by atoms with Crippen LogP contribution < -0.4 is 5.32 Å². The van der Waals surface area contributed by atoms with E-state index in [9.17, 15) is 13.2 Å². The summed E-state index contributed by atoms with van der Waals surface area (Å²) in [5.74, 6) is 1.87. The van der Waals surface area contributed by atoms with Crippen LogP contribution in [0.3, 0.4) is 0 Å². The molecule has 0 spiro atoms. The lowest BCUT2D eigenvalue weighted by molar-refractivity contribution is -0.140. The molecule has 0 saturated carbocycles. The van der Waals surface area contributed by atoms with E-state index in [1.807, 2.05) is 18.7 Å². The van der Waals surface area contributed by atoms with Gasteiger partial charge in [0.25, 0.3) is 0 Å². The molecule has 0 aliphatic carbocycles. The molecule has 0 radical (unpaired) electrons. The van der Waals surface area contributed by atoms with Crippen molar-refractivity contribution in [2.24, 2.45) is 4.99 Å². The monoisotopic (exact) mass is 508 g/mol. The number of rotatable bonds is 4. The third-order valence-corrected chi connectivity index (χ3v) is 5.70. The molecule has 0 atom stereocenters. The van der Waals surface area contributed by atoms with Crippen LogP contribution in [0.15, 0.2) is 10.4 Å². The lowest BCUT2D eigenvalue weighted by Crippen LogP contribution is -2.51. The quantitative estimate of drug-likeness (QED) is 0.378. The topological polar surface area (TPSA) is 40.5 Å². The van der Waals surface area contributed by atoms with Crippen molar-refractivity contribution in [2.45, 2.75) is 38.1 Å². The Balaban J connectivity index is 0.00000312. The fraction of sp³-hybridized carbons (Fsp3) is 0.733. The van der Waals surface area contributed by atoms with Crippen LogP contribution in [0.25, 0.3) is 0 Å². The molecule has 0 unspecified atom stereocenters. The molecule has 2 rings (SSSR count). The molecular formula is C15H24F3IN4S2. The average molecular weight is 508 g/mol. The average Bonchev–Trinajstić information content (AvgIpc) is 2.94. The number of thiazole rings is 1. The SMILES string of the molecule is CCNC(=NCCc1nc(C(F)(F)F)cs1)N1CCSC(C)(C)C1.I. The van der Waals surface area contributed by atoms with Gasteiger partial charge in [-0.2, -0.15) is 24.9 Å². The second-order valence-electron chi connectivity index (χ2n) is 6.14. The molecule has 1 N–H and O–H groups in total. The fourth-order valence-electron chi connectivity index (χ4n) is 2.44. The Bertz CT molecular complexity index is 575. The first-order valence-electron chi connectivity index (χ1n) is 7.90. The molecule has 1 fully saturated rings. The highest BCUT2D eigenvalue weighted by Gasteiger charge is 2.33. The van der Waals surface area contributed by atoms with Crippen molar-refractivity contribution in [3.8, 4) is 0 Å². The fourth-order valence-corrected chi connectivity index (χ4v) is 4.34. The van der Waals surface area contributed by atoms with E-state index < -0.39 is 11.9 Å². The predicted molar refractivity (Wildman–Crippen MR) is 110 cm³/mol. The zero-order valence-corrected chi connectivity index (χ0v) is 18.5. The molecule has 0 amide bonds. The maximum Gasteiger partial charge on any atom is 0.434 e. The molecule has 144 valence electrons. The molecule has 4 nitrogen and oxygen atoms in total. The number of aromatic nitrogens is 1. The van der Waals surface area contributed by atoms with E-state index in [0.717, 1.165) is 48.1 Å². The van der Waals surface area contributed by atoms with Gasteiger partial charge in [0.15, 0.2) is 11.7 Å². The Labute approximate surface area is 172 Å². The Kier molecular flexibility index (Phi) is 8.79. The normalized spacial score (nSPS) is 18.0. The number of hydrogen-bond donors (Lipinski definition) is 1. The summed E-state index contributed by atoms with van der Waals surface area (Å²) in [6, 6.07) is 0. The van der Waals surface area contributed by atoms with Crippen LogP contribution >= 0.6 is 47.1 Å². The molecule has 0 bridgehead atoms. The molecule has 1 aromatic heterocycles. The van der Waals surface area contributed by atoms with E-state index in [-0.39, 0.29) is 28.7 Å². The molecule has 10 heteroatoms. The Morgan fingerprint density at radius 3 is 2.72 bits per heavy atom. The van der Waals surface area contributed by atoms with E-state index >= 15 is 0 Å². The summed E-state index contributed by atoms with van der Waals surface area (Å²) in [6.07, 6.45) is -3.95. The van der Waals surface area contributed by atoms with Crippen LogP contribution in [0.1, 0.15) is 31.5 Å². The van der Waals surface area contributed by atoms with Gasteiger partial charge >= 0.3 is 6.18 Å². The molecular weight excluding hydrogens is 484 g/mol. The standard InChI is InChI=1S/C15H23F3N4S2.HI/c1-4-19-13(22-7-8-24-14(2,3)10-22)20-6-5-12-21-11(9-23-12)15(16,17)18;/h9H,4-8,10H2,1-3H3,(H,19,20);1H. The predicted octanol–water partition coefficient (Wildman–Crippen LogP) is 4.12. The van der Waals surface area contributed by atoms with Gasteiger partial charge in [0, 0.05) is 48.5 Å². The number of alkyl halides is 3. The molecule has 1 saturated heterocycles. The Morgan fingerprint density at radius 2 is 2.16 bits per heavy atom. The third-order valence-electron chi connectivity index (χ3n) is 3.49. The first kappa shape index (κ1) is 22.8. The van der Waals surface area contributed by atoms with Gasteiger partial charge in [0.1, 0.15) is 0 Å². The van der Waals surface area contributed by atoms with Gasteiger partial charge in [-0.05, 0) is 20.8 Å². The largest absolute Gasteiger partial charge is 0.434 e. The van der Waals surface area contributed by atoms with Crippen molar-refractivity contribution >= 4 is 53.0 Å². The van der Waals surface area contributed by atoms with E-state index in [0.29, 0.717) is 18.0 Å². The Hall–Kier alpha value is -0.230. The van der Waals surface area contributed by atoms with Crippen LogP contribution in [-0.4, -0.2) is 52.5 Å². The second kappa shape index (κ2) is 9.63. The van der Waals surface area contributed by atoms with Crippen LogP contribution in [0.4, 0.5) is 13.2 Å². The highest BCUT2D eigenvalue weighted by atomic mass is 127. The van der Waals surface area contributed by atoms with Gasteiger partial charge in [0.05, 0.1) is 5.01 Å². The van der Waals surface area contributed by atoms with E-state index in [1.54, 1.807) is 0 Å². The van der Waals surface area contributed by atoms with Gasteiger partial charge in [-0.3, -0.25) is 4.99 Å². The highest BCUT2D eigenvalue weighted by molar-refractivity contribution is 14.0. The maximum atomic E-state index is 12.6. The Morgan fingerprint density at radius 1 is 1.44 bits per heavy atom. The lowest BCUT2D eigenvalue weighted by atomic mass is 10.2. The number of nitrogens with zero attached hydrogens (tertiary/aromatic N) is 3. The number of guanidine groups is 1. The number of thioether (sulfide) groups is 1. The third kappa shape index (κ3) is 7.12. The summed E-state index contributed by atoms with van der Waals surface area (Å²) in [5.41, 5.74) is -0.812. The number of aliphatic imine (C=N–C) groups is 1. The minimum Gasteiger partial charge on any atom is -0.357 e. The first-order valence-corrected chi connectivity index (χ1v) is 9.76. The lowest BCUT2D eigenvalue weighted by Gasteiger charge is -2.39. The summed E-state index contributed by atoms with van der Waals surface area (Å²) >= 11 is 2.99. The smallest absolute Gasteiger partial charge is 0.357 e. The van der Waals surface area contributed by atoms with Gasteiger partial charge < -0.3 is 10.2 Å². The highest BCUT2D eigenvalue weighted by Crippen LogP contribution is 2.30. The van der Waals surface area contributed by atoms with Crippen molar-refractivity contribution in [2.75, 3.05) is 31.9 Å². The van der Waals surface area contributed by atoms with Crippen LogP contribution in [0.5, 0.6) is 0 Å². The van der Waals surface area contributed by atoms with Gasteiger partial charge in [-0.15, -0.1) is 35.3 Å². The summed E-state index contributed by atoms with van der Waals surface area (Å²) < 4.78 is 37.9. The summed E-state index contributed by atoms with van der Waals surface area (Å²) in [6.45, 7) is 9.45. The molecule has 0 aromatic carbocycles. The zero-order chi connectivity index (χ0) is 17.8. The van der Waals surface area contributed by atoms with Crippen LogP contribution in [-0.2, 0) is 12.6 Å². The van der Waals surface area contributed by atoms with Crippen LogP contribution in [0, 0.1) is 0 Å². The summed E-state index contributed by atoms with van der Waals surface area (Å²) in [7, 11) is 0. The number of hydrogen-bond acceptors (Lipinski definition) is 4. The molecule has 25 heavy (non-hydrogen) atoms. The summed E-state index contributed by atoms with van der Waals surface area (Å²) in [4.78, 5) is 10.4. The van der Waals surface area contributed by atoms with Gasteiger partial charge in [0.2, 0.25) is 0 Å². The van der Waals surface area contributed by atoms with E-state index in [4.69, 9.17) is 0 Å². The minimum atomic E-state index is -4.37. The van der Waals surface area contributed by atoms with E-state index in [2.05, 4.69) is 34.0 Å². The number of nitrogens with one attached hydrogen (secondary N) is 1. The summed E-state index contributed by atoms with van der Waals surface area (Å²) in [5, 5.41) is 4.81. The van der Waals surface area contributed by atoms with E-state index in [1.165, 1.54) is 0 Å². The van der Waals surface area contributed by atoms with Crippen molar-refractivity contribution in [3.63, 3.8) is 0 Å². The van der Waals surface area contributed by atoms with Gasteiger partial charge in [-0.1, -0.05) is 0 Å². The van der Waals surface area contributed by atoms with Crippen LogP contribution in [0.2, 0.25) is 0 Å². The van der Waals surface area contributed by atoms with Crippen molar-refractivity contribution < 1.29 is 13.2 Å². The minimum absolute atomic E-state index is 0. The molecule has 1 aliphatic heterocycles. The van der Waals surface area contributed by atoms with Crippen molar-refractivity contribution in [3.05, 3.63) is 16.1 Å². The maximum absolute atomic E-state index is 12.6. The molecule has 1 aromatic rings. The van der Waals surface area contributed by atoms with Gasteiger partial charge in [-0.25, -0.2) is 4.98 Å². The first-order chi connectivity index (χ1) is 11.2. The molecule has 2 heterocycles. The van der Waals surface area contributed by atoms with Crippen molar-refractivity contribution in [1.82, 2.24) is 15.2 Å².